The van der Waals surface area contributed by atoms with Gasteiger partial charge in [0.05, 0.1) is 0 Å². The van der Waals surface area contributed by atoms with E-state index in [4.69, 9.17) is 0 Å². The van der Waals surface area contributed by atoms with Crippen molar-refractivity contribution in [2.24, 2.45) is 0 Å². The molecule has 126 valence electrons. The van der Waals surface area contributed by atoms with Crippen molar-refractivity contribution in [3.05, 3.63) is 0 Å². The maximum absolute atomic E-state index is 4.18. The molecule has 0 aromatic rings. The van der Waals surface area contributed by atoms with Crippen molar-refractivity contribution in [1.82, 2.24) is 9.01 Å². The van der Waals surface area contributed by atoms with Crippen LogP contribution in [0.3, 0.4) is 0 Å². The molecule has 1 rings (SSSR count). The molecule has 0 aromatic heterocycles. The van der Waals surface area contributed by atoms with Crippen LogP contribution in [0, 0.1) is 0 Å². The average molecular weight is 395 g/mol. The molecule has 1 saturated heterocycles. The second kappa shape index (κ2) is 6.16. The van der Waals surface area contributed by atoms with E-state index in [-0.39, 0.29) is 16.6 Å². The van der Waals surface area contributed by atoms with Crippen LogP contribution in [0.5, 0.6) is 0 Å². The maximum Gasteiger partial charge on any atom is 0.126 e. The van der Waals surface area contributed by atoms with Crippen LogP contribution in [-0.4, -0.2) is 33.9 Å². The zero-order valence-electron chi connectivity index (χ0n) is 15.8. The van der Waals surface area contributed by atoms with Gasteiger partial charge in [0.15, 0.2) is 0 Å². The lowest BCUT2D eigenvalue weighted by Crippen LogP contribution is -2.61. The van der Waals surface area contributed by atoms with Gasteiger partial charge in [0.2, 0.25) is 0 Å². The Morgan fingerprint density at radius 1 is 1.00 bits per heavy atom. The first-order valence-corrected chi connectivity index (χ1v) is 14.9. The zero-order chi connectivity index (χ0) is 16.9. The van der Waals surface area contributed by atoms with E-state index >= 15 is 0 Å². The molecule has 0 bridgehead atoms. The van der Waals surface area contributed by atoms with Gasteiger partial charge in [-0.3, -0.25) is 9.01 Å². The minimum absolute atomic E-state index is 0.198. The van der Waals surface area contributed by atoms with Crippen molar-refractivity contribution < 1.29 is 0 Å². The van der Waals surface area contributed by atoms with Gasteiger partial charge < -0.3 is 0 Å². The zero-order valence-corrected chi connectivity index (χ0v) is 19.3. The Bertz CT molecular complexity index is 341. The second-order valence-electron chi connectivity index (χ2n) is 9.68. The van der Waals surface area contributed by atoms with Gasteiger partial charge in [-0.1, -0.05) is 19.6 Å². The van der Waals surface area contributed by atoms with Gasteiger partial charge in [-0.25, -0.2) is 0 Å². The lowest BCUT2D eigenvalue weighted by atomic mass is 9.83. The molecule has 1 aliphatic rings. The van der Waals surface area contributed by atoms with Gasteiger partial charge in [0, 0.05) is 16.6 Å². The Labute approximate surface area is 143 Å². The number of hydrogen-bond acceptors (Lipinski definition) is 2. The summed E-state index contributed by atoms with van der Waals surface area (Å²) < 4.78 is 5.60. The topological polar surface area (TPSA) is 6.48 Å². The summed E-state index contributed by atoms with van der Waals surface area (Å²) in [5, 5.41) is 0. The van der Waals surface area contributed by atoms with Crippen molar-refractivity contribution >= 4 is 30.7 Å². The molecule has 21 heavy (non-hydrogen) atoms. The Balaban J connectivity index is 3.26. The van der Waals surface area contributed by atoms with E-state index in [1.165, 1.54) is 19.3 Å². The molecule has 0 aliphatic carbocycles. The number of halogens is 1. The molecule has 0 amide bonds. The molecule has 0 aromatic carbocycles. The molecule has 0 N–H and O–H groups in total. The molecule has 0 spiro atoms. The summed E-state index contributed by atoms with van der Waals surface area (Å²) in [6.45, 7) is 23.7. The van der Waals surface area contributed by atoms with Gasteiger partial charge in [-0.2, -0.15) is 0 Å². The molecule has 0 saturated carbocycles. The third-order valence-electron chi connectivity index (χ3n) is 4.32. The highest BCUT2D eigenvalue weighted by atomic mass is 79.9. The first-order chi connectivity index (χ1) is 9.11. The van der Waals surface area contributed by atoms with Crippen molar-refractivity contribution in [1.29, 1.82) is 0 Å². The Kier molecular flexibility index (Phi) is 5.90. The standard InChI is InChI=1S/C16H36BrN2PSi/c1-14(2,3)19(21(8,9)10)20(17)18-15(4,5)12-11-13-16(18,6)7/h11-13H2,1-10H3. The van der Waals surface area contributed by atoms with Crippen LogP contribution in [0.1, 0.15) is 67.7 Å². The van der Waals surface area contributed by atoms with E-state index in [1.54, 1.807) is 0 Å². The molecule has 0 radical (unpaired) electrons. The number of nitrogens with zero attached hydrogens (tertiary/aromatic N) is 2. The molecule has 1 fully saturated rings. The molecule has 1 heterocycles. The highest BCUT2D eigenvalue weighted by Gasteiger charge is 2.50. The van der Waals surface area contributed by atoms with Gasteiger partial charge >= 0.3 is 0 Å². The van der Waals surface area contributed by atoms with E-state index in [9.17, 15) is 0 Å². The fourth-order valence-electron chi connectivity index (χ4n) is 4.02. The van der Waals surface area contributed by atoms with Gasteiger partial charge in [-0.15, -0.1) is 0 Å². The SMILES string of the molecule is CC(C)(C)N(P(Br)N1C(C)(C)CCCC1(C)C)[Si](C)(C)C. The van der Waals surface area contributed by atoms with Crippen molar-refractivity contribution in [3.63, 3.8) is 0 Å². The van der Waals surface area contributed by atoms with Crippen molar-refractivity contribution in [2.45, 2.75) is 104 Å². The minimum atomic E-state index is -1.42. The summed E-state index contributed by atoms with van der Waals surface area (Å²) in [5.41, 5.74) is 0.726. The van der Waals surface area contributed by atoms with Gasteiger partial charge in [-0.05, 0) is 83.2 Å². The van der Waals surface area contributed by atoms with E-state index < -0.39 is 15.2 Å². The highest BCUT2D eigenvalue weighted by Crippen LogP contribution is 2.64. The fraction of sp³-hybridized carbons (Fsp3) is 1.00. The molecular weight excluding hydrogens is 359 g/mol. The second-order valence-corrected chi connectivity index (χ2v) is 18.0. The quantitative estimate of drug-likeness (QED) is 0.393. The van der Waals surface area contributed by atoms with Crippen LogP contribution >= 0.6 is 22.4 Å². The summed E-state index contributed by atoms with van der Waals surface area (Å²) in [6, 6.07) is 0. The van der Waals surface area contributed by atoms with Gasteiger partial charge in [0.25, 0.3) is 0 Å². The summed E-state index contributed by atoms with van der Waals surface area (Å²) >= 11 is 4.18. The van der Waals surface area contributed by atoms with Crippen LogP contribution in [0.15, 0.2) is 0 Å². The first-order valence-electron chi connectivity index (χ1n) is 8.17. The Hall–Kier alpha value is 1.05. The third kappa shape index (κ3) is 4.53. The first kappa shape index (κ1) is 20.1. The molecular formula is C16H36BrN2PSi. The van der Waals surface area contributed by atoms with E-state index in [2.05, 4.69) is 92.6 Å². The average Bonchev–Trinajstić information content (AvgIpc) is 2.07. The van der Waals surface area contributed by atoms with Crippen LogP contribution in [0.25, 0.3) is 0 Å². The molecule has 5 heteroatoms. The van der Waals surface area contributed by atoms with Gasteiger partial charge in [0.1, 0.15) is 15.2 Å². The monoisotopic (exact) mass is 394 g/mol. The molecule has 1 unspecified atom stereocenters. The largest absolute Gasteiger partial charge is 0.278 e. The molecule has 1 aliphatic heterocycles. The van der Waals surface area contributed by atoms with Crippen LogP contribution in [-0.2, 0) is 0 Å². The predicted octanol–water partition coefficient (Wildman–Crippen LogP) is 6.59. The Morgan fingerprint density at radius 3 is 1.67 bits per heavy atom. The highest BCUT2D eigenvalue weighted by molar-refractivity contribution is 9.39. The third-order valence-corrected chi connectivity index (χ3v) is 13.8. The van der Waals surface area contributed by atoms with Crippen LogP contribution < -0.4 is 0 Å². The minimum Gasteiger partial charge on any atom is -0.278 e. The summed E-state index contributed by atoms with van der Waals surface area (Å²) in [5.74, 6) is 0. The van der Waals surface area contributed by atoms with Crippen molar-refractivity contribution in [2.75, 3.05) is 0 Å². The lowest BCUT2D eigenvalue weighted by Gasteiger charge is -2.60. The van der Waals surface area contributed by atoms with Crippen LogP contribution in [0.2, 0.25) is 19.6 Å². The lowest BCUT2D eigenvalue weighted by molar-refractivity contribution is 0.0571. The fourth-order valence-corrected chi connectivity index (χ4v) is 18.3. The number of rotatable bonds is 3. The Morgan fingerprint density at radius 2 is 1.38 bits per heavy atom. The summed E-state index contributed by atoms with van der Waals surface area (Å²) in [4.78, 5) is 0. The van der Waals surface area contributed by atoms with Crippen molar-refractivity contribution in [3.8, 4) is 0 Å². The molecule has 1 atom stereocenters. The smallest absolute Gasteiger partial charge is 0.126 e. The normalized spacial score (nSPS) is 25.1. The maximum atomic E-state index is 4.18. The summed E-state index contributed by atoms with van der Waals surface area (Å²) in [7, 11) is -1.42. The summed E-state index contributed by atoms with van der Waals surface area (Å²) in [6.07, 6.45) is 3.93. The predicted molar refractivity (Wildman–Crippen MR) is 105 cm³/mol. The van der Waals surface area contributed by atoms with Crippen LogP contribution in [0.4, 0.5) is 0 Å². The number of piperidine rings is 1. The molecule has 2 nitrogen and oxygen atoms in total. The van der Waals surface area contributed by atoms with E-state index in [0.717, 1.165) is 0 Å². The number of hydrogen-bond donors (Lipinski definition) is 0. The van der Waals surface area contributed by atoms with E-state index in [1.807, 2.05) is 0 Å². The van der Waals surface area contributed by atoms with E-state index in [0.29, 0.717) is 0 Å².